The lowest BCUT2D eigenvalue weighted by Crippen LogP contribution is -2.48. The highest BCUT2D eigenvalue weighted by Gasteiger charge is 2.34. The number of carbonyl (C=O) groups is 1. The van der Waals surface area contributed by atoms with Gasteiger partial charge in [0.15, 0.2) is 5.78 Å². The topological polar surface area (TPSA) is 40.5 Å². The number of likely N-dealkylation sites (N-methyl/N-ethyl adjacent to an activating group) is 1. The van der Waals surface area contributed by atoms with Crippen LogP contribution in [0.5, 0.6) is 0 Å². The van der Waals surface area contributed by atoms with Crippen LogP contribution in [0.15, 0.2) is 60.7 Å². The molecule has 1 N–H and O–H groups in total. The van der Waals surface area contributed by atoms with Crippen molar-refractivity contribution >= 4 is 18.2 Å². The summed E-state index contributed by atoms with van der Waals surface area (Å²) in [5.74, 6) is 0.305. The highest BCUT2D eigenvalue weighted by molar-refractivity contribution is 5.96. The second-order valence-electron chi connectivity index (χ2n) is 7.01. The van der Waals surface area contributed by atoms with Crippen LogP contribution >= 0.6 is 12.4 Å². The average molecular weight is 374 g/mol. The second kappa shape index (κ2) is 9.86. The average Bonchev–Trinajstić information content (AvgIpc) is 2.67. The first-order chi connectivity index (χ1) is 12.2. The van der Waals surface area contributed by atoms with Crippen molar-refractivity contribution in [3.05, 3.63) is 71.8 Å². The number of piperidine rings is 1. The summed E-state index contributed by atoms with van der Waals surface area (Å²) in [6.07, 6.45) is 3.75. The van der Waals surface area contributed by atoms with Gasteiger partial charge >= 0.3 is 0 Å². The van der Waals surface area contributed by atoms with Gasteiger partial charge in [0.2, 0.25) is 0 Å². The highest BCUT2D eigenvalue weighted by Crippen LogP contribution is 2.33. The minimum atomic E-state index is 0. The maximum absolute atomic E-state index is 12.6. The second-order valence-corrected chi connectivity index (χ2v) is 7.01. The Hall–Kier alpha value is -1.68. The summed E-state index contributed by atoms with van der Waals surface area (Å²) in [5, 5.41) is 10.0. The van der Waals surface area contributed by atoms with Gasteiger partial charge in [-0.15, -0.1) is 12.4 Å². The summed E-state index contributed by atoms with van der Waals surface area (Å²) in [4.78, 5) is 14.9. The molecule has 1 aliphatic rings. The Bertz CT molecular complexity index is 677. The molecule has 1 aliphatic heterocycles. The molecule has 0 amide bonds. The molecule has 0 aromatic heterocycles. The number of halogens is 1. The molecule has 1 fully saturated rings. The Morgan fingerprint density at radius 3 is 2.31 bits per heavy atom. The van der Waals surface area contributed by atoms with Gasteiger partial charge in [-0.2, -0.15) is 0 Å². The number of hydrogen-bond acceptors (Lipinski definition) is 3. The van der Waals surface area contributed by atoms with E-state index < -0.39 is 0 Å². The van der Waals surface area contributed by atoms with E-state index in [9.17, 15) is 9.90 Å². The molecule has 1 saturated heterocycles. The Labute approximate surface area is 162 Å². The van der Waals surface area contributed by atoms with Gasteiger partial charge in [0.1, 0.15) is 0 Å². The molecule has 0 bridgehead atoms. The summed E-state index contributed by atoms with van der Waals surface area (Å²) in [5.41, 5.74) is 1.97. The summed E-state index contributed by atoms with van der Waals surface area (Å²) in [7, 11) is 2.11. The van der Waals surface area contributed by atoms with Gasteiger partial charge in [-0.05, 0) is 25.5 Å². The molecule has 0 saturated carbocycles. The molecule has 1 heterocycles. The third kappa shape index (κ3) is 4.73. The first-order valence-electron chi connectivity index (χ1n) is 9.16. The predicted octanol–water partition coefficient (Wildman–Crippen LogP) is 4.31. The highest BCUT2D eigenvalue weighted by atomic mass is 35.5. The van der Waals surface area contributed by atoms with Gasteiger partial charge in [-0.1, -0.05) is 67.1 Å². The van der Waals surface area contributed by atoms with Crippen molar-refractivity contribution in [3.8, 4) is 0 Å². The van der Waals surface area contributed by atoms with Crippen LogP contribution in [-0.4, -0.2) is 41.5 Å². The number of likely N-dealkylation sites (tertiary alicyclic amines) is 1. The third-order valence-corrected chi connectivity index (χ3v) is 5.54. The van der Waals surface area contributed by atoms with Gasteiger partial charge < -0.3 is 5.11 Å². The number of rotatable bonds is 6. The molecule has 2 aromatic rings. The zero-order chi connectivity index (χ0) is 17.6. The molecule has 0 aliphatic carbocycles. The van der Waals surface area contributed by atoms with Crippen LogP contribution in [0.25, 0.3) is 0 Å². The molecule has 0 spiro atoms. The van der Waals surface area contributed by atoms with Gasteiger partial charge in [0, 0.05) is 30.0 Å². The van der Waals surface area contributed by atoms with Crippen molar-refractivity contribution in [1.29, 1.82) is 0 Å². The lowest BCUT2D eigenvalue weighted by atomic mass is 9.82. The van der Waals surface area contributed by atoms with Crippen molar-refractivity contribution in [3.63, 3.8) is 0 Å². The molecule has 2 aromatic carbocycles. The van der Waals surface area contributed by atoms with Gasteiger partial charge in [0.25, 0.3) is 0 Å². The molecule has 0 radical (unpaired) electrons. The molecule has 4 heteroatoms. The molecule has 3 rings (SSSR count). The fourth-order valence-corrected chi connectivity index (χ4v) is 4.08. The number of aliphatic hydroxyl groups is 1. The Morgan fingerprint density at radius 2 is 1.69 bits per heavy atom. The third-order valence-electron chi connectivity index (χ3n) is 5.54. The van der Waals surface area contributed by atoms with E-state index in [4.69, 9.17) is 0 Å². The Kier molecular flexibility index (Phi) is 7.83. The van der Waals surface area contributed by atoms with Crippen molar-refractivity contribution < 1.29 is 9.90 Å². The summed E-state index contributed by atoms with van der Waals surface area (Å²) in [6.45, 7) is 0.137. The number of nitrogens with zero attached hydrogens (tertiary/aromatic N) is 1. The lowest BCUT2D eigenvalue weighted by Gasteiger charge is -2.43. The SMILES string of the molecule is CN1C(CC(=O)c2ccccc2)CCCC1C(CO)c1ccccc1.Cl. The molecule has 3 atom stereocenters. The van der Waals surface area contributed by atoms with Crippen LogP contribution in [0, 0.1) is 0 Å². The molecular formula is C22H28ClNO2. The van der Waals surface area contributed by atoms with Crippen LogP contribution in [0.4, 0.5) is 0 Å². The Morgan fingerprint density at radius 1 is 1.08 bits per heavy atom. The summed E-state index contributed by atoms with van der Waals surface area (Å²) >= 11 is 0. The van der Waals surface area contributed by atoms with E-state index in [1.54, 1.807) is 0 Å². The smallest absolute Gasteiger partial charge is 0.164 e. The van der Waals surface area contributed by atoms with Crippen LogP contribution in [0.3, 0.4) is 0 Å². The van der Waals surface area contributed by atoms with Crippen LogP contribution in [-0.2, 0) is 0 Å². The van der Waals surface area contributed by atoms with Crippen LogP contribution in [0.1, 0.15) is 47.5 Å². The largest absolute Gasteiger partial charge is 0.396 e. The number of Topliss-reactive ketones (excluding diaryl/α,β-unsaturated/α-hetero) is 1. The van der Waals surface area contributed by atoms with E-state index in [1.807, 2.05) is 48.5 Å². The first-order valence-corrected chi connectivity index (χ1v) is 9.16. The van der Waals surface area contributed by atoms with E-state index >= 15 is 0 Å². The Balaban J connectivity index is 0.00000243. The van der Waals surface area contributed by atoms with E-state index in [2.05, 4.69) is 24.1 Å². The number of aliphatic hydroxyl groups excluding tert-OH is 1. The van der Waals surface area contributed by atoms with Crippen LogP contribution in [0.2, 0.25) is 0 Å². The number of benzene rings is 2. The molecule has 3 nitrogen and oxygen atoms in total. The van der Waals surface area contributed by atoms with Gasteiger partial charge in [-0.3, -0.25) is 9.69 Å². The van der Waals surface area contributed by atoms with E-state index in [1.165, 1.54) is 5.56 Å². The number of hydrogen-bond donors (Lipinski definition) is 1. The van der Waals surface area contributed by atoms with Crippen molar-refractivity contribution in [2.75, 3.05) is 13.7 Å². The quantitative estimate of drug-likeness (QED) is 0.767. The zero-order valence-electron chi connectivity index (χ0n) is 15.3. The zero-order valence-corrected chi connectivity index (χ0v) is 16.1. The first kappa shape index (κ1) is 20.6. The summed E-state index contributed by atoms with van der Waals surface area (Å²) < 4.78 is 0. The fraction of sp³-hybridized carbons (Fsp3) is 0.409. The fourth-order valence-electron chi connectivity index (χ4n) is 4.08. The number of carbonyl (C=O) groups excluding carboxylic acids is 1. The summed E-state index contributed by atoms with van der Waals surface area (Å²) in [6, 6.07) is 20.3. The maximum Gasteiger partial charge on any atom is 0.164 e. The predicted molar refractivity (Wildman–Crippen MR) is 108 cm³/mol. The minimum Gasteiger partial charge on any atom is -0.396 e. The monoisotopic (exact) mass is 373 g/mol. The standard InChI is InChI=1S/C22H27NO2.ClH/c1-23-19(15-22(25)18-11-6-3-7-12-18)13-8-14-21(23)20(16-24)17-9-4-2-5-10-17;/h2-7,9-12,19-21,24H,8,13-16H2,1H3;1H. The lowest BCUT2D eigenvalue weighted by molar-refractivity contribution is 0.0636. The minimum absolute atomic E-state index is 0. The number of ketones is 1. The van der Waals surface area contributed by atoms with E-state index in [-0.39, 0.29) is 42.8 Å². The molecule has 26 heavy (non-hydrogen) atoms. The van der Waals surface area contributed by atoms with Crippen LogP contribution < -0.4 is 0 Å². The van der Waals surface area contributed by atoms with Crippen molar-refractivity contribution in [2.24, 2.45) is 0 Å². The molecular weight excluding hydrogens is 346 g/mol. The van der Waals surface area contributed by atoms with Crippen molar-refractivity contribution in [1.82, 2.24) is 4.90 Å². The molecule has 140 valence electrons. The van der Waals surface area contributed by atoms with Gasteiger partial charge in [-0.25, -0.2) is 0 Å². The molecule has 3 unspecified atom stereocenters. The normalized spacial score (nSPS) is 21.6. The van der Waals surface area contributed by atoms with E-state index in [0.717, 1.165) is 24.8 Å². The van der Waals surface area contributed by atoms with E-state index in [0.29, 0.717) is 6.42 Å². The van der Waals surface area contributed by atoms with Gasteiger partial charge in [0.05, 0.1) is 6.61 Å². The maximum atomic E-state index is 12.6. The van der Waals surface area contributed by atoms with Crippen molar-refractivity contribution in [2.45, 2.75) is 43.7 Å².